The van der Waals surface area contributed by atoms with Gasteiger partial charge in [0.2, 0.25) is 0 Å². The molecule has 2 amide bonds. The molecule has 0 atom stereocenters. The van der Waals surface area contributed by atoms with Crippen molar-refractivity contribution in [3.05, 3.63) is 88.2 Å². The zero-order chi connectivity index (χ0) is 26.1. The number of benzene rings is 3. The molecule has 0 bridgehead atoms. The van der Waals surface area contributed by atoms with Gasteiger partial charge in [-0.3, -0.25) is 9.59 Å². The van der Waals surface area contributed by atoms with Gasteiger partial charge in [0.15, 0.2) is 18.1 Å². The van der Waals surface area contributed by atoms with Crippen LogP contribution in [0.5, 0.6) is 11.5 Å². The van der Waals surface area contributed by atoms with Gasteiger partial charge in [-0.2, -0.15) is 5.26 Å². The van der Waals surface area contributed by atoms with E-state index in [0.717, 1.165) is 5.56 Å². The third kappa shape index (κ3) is 7.32. The minimum atomic E-state index is -0.675. The molecule has 0 radical (unpaired) electrons. The van der Waals surface area contributed by atoms with Crippen LogP contribution < -0.4 is 20.1 Å². The summed E-state index contributed by atoms with van der Waals surface area (Å²) >= 11 is 6.40. The summed E-state index contributed by atoms with van der Waals surface area (Å²) < 4.78 is 24.3. The highest BCUT2D eigenvalue weighted by Crippen LogP contribution is 2.37. The van der Waals surface area contributed by atoms with Crippen molar-refractivity contribution in [2.24, 2.45) is 0 Å². The van der Waals surface area contributed by atoms with Crippen LogP contribution in [0.15, 0.2) is 66.2 Å². The maximum atomic E-state index is 13.1. The summed E-state index contributed by atoms with van der Waals surface area (Å²) in [6.45, 7) is 3.68. The maximum Gasteiger partial charge on any atom is 0.266 e. The fraction of sp³-hybridized carbons (Fsp3) is 0.148. The molecule has 0 fully saturated rings. The maximum absolute atomic E-state index is 13.1. The lowest BCUT2D eigenvalue weighted by molar-refractivity contribution is -0.118. The third-order valence-corrected chi connectivity index (χ3v) is 5.07. The molecule has 0 saturated carbocycles. The minimum Gasteiger partial charge on any atom is -0.490 e. The first-order chi connectivity index (χ1) is 17.3. The molecule has 0 saturated heterocycles. The zero-order valence-electron chi connectivity index (χ0n) is 19.6. The number of amides is 2. The predicted octanol–water partition coefficient (Wildman–Crippen LogP) is 5.75. The number of hydrogen-bond donors (Lipinski definition) is 2. The number of nitrogens with zero attached hydrogens (tertiary/aromatic N) is 1. The molecule has 7 nitrogen and oxygen atoms in total. The predicted molar refractivity (Wildman–Crippen MR) is 137 cm³/mol. The van der Waals surface area contributed by atoms with Crippen LogP contribution >= 0.6 is 11.6 Å². The van der Waals surface area contributed by atoms with Crippen LogP contribution in [0.2, 0.25) is 5.02 Å². The van der Waals surface area contributed by atoms with E-state index < -0.39 is 11.7 Å². The smallest absolute Gasteiger partial charge is 0.266 e. The Morgan fingerprint density at radius 1 is 1.03 bits per heavy atom. The highest BCUT2D eigenvalue weighted by Gasteiger charge is 2.16. The number of hydrogen-bond acceptors (Lipinski definition) is 5. The van der Waals surface area contributed by atoms with Crippen LogP contribution in [0, 0.1) is 24.1 Å². The lowest BCUT2D eigenvalue weighted by Crippen LogP contribution is -2.20. The van der Waals surface area contributed by atoms with Gasteiger partial charge in [-0.15, -0.1) is 0 Å². The molecule has 0 heterocycles. The molecule has 0 aromatic heterocycles. The molecule has 36 heavy (non-hydrogen) atoms. The van der Waals surface area contributed by atoms with Crippen molar-refractivity contribution in [2.75, 3.05) is 23.8 Å². The van der Waals surface area contributed by atoms with Crippen LogP contribution in [0.25, 0.3) is 6.08 Å². The summed E-state index contributed by atoms with van der Waals surface area (Å²) in [6.07, 6.45) is 1.33. The van der Waals surface area contributed by atoms with Crippen LogP contribution in [0.1, 0.15) is 18.1 Å². The van der Waals surface area contributed by atoms with Crippen LogP contribution in [-0.4, -0.2) is 25.0 Å². The standard InChI is InChI=1S/C27H23ClFN3O4/c1-3-35-24-14-18(12-19(15-30)27(34)32-22-10-6-20(29)7-11-22)13-23(28)26(24)36-16-25(33)31-21-8-4-17(2)5-9-21/h4-14H,3,16H2,1-2H3,(H,31,33)(H,32,34)/b19-12+. The topological polar surface area (TPSA) is 100 Å². The first-order valence-corrected chi connectivity index (χ1v) is 11.3. The second-order valence-corrected chi connectivity index (χ2v) is 8.00. The summed E-state index contributed by atoms with van der Waals surface area (Å²) in [6, 6.07) is 17.3. The average Bonchev–Trinajstić information content (AvgIpc) is 2.85. The Labute approximate surface area is 213 Å². The van der Waals surface area contributed by atoms with Crippen LogP contribution in [0.3, 0.4) is 0 Å². The molecule has 3 aromatic carbocycles. The van der Waals surface area contributed by atoms with Crippen molar-refractivity contribution in [1.82, 2.24) is 0 Å². The molecule has 3 rings (SSSR count). The van der Waals surface area contributed by atoms with Crippen molar-refractivity contribution >= 4 is 40.9 Å². The Hall–Kier alpha value is -4.35. The van der Waals surface area contributed by atoms with E-state index in [1.165, 1.54) is 36.4 Å². The SMILES string of the molecule is CCOc1cc(/C=C(\C#N)C(=O)Nc2ccc(F)cc2)cc(Cl)c1OCC(=O)Nc1ccc(C)cc1. The van der Waals surface area contributed by atoms with Gasteiger partial charge >= 0.3 is 0 Å². The van der Waals surface area contributed by atoms with Crippen molar-refractivity contribution in [1.29, 1.82) is 5.26 Å². The van der Waals surface area contributed by atoms with E-state index in [4.69, 9.17) is 21.1 Å². The summed E-state index contributed by atoms with van der Waals surface area (Å²) in [7, 11) is 0. The summed E-state index contributed by atoms with van der Waals surface area (Å²) in [5.41, 5.74) is 2.24. The van der Waals surface area contributed by atoms with Gasteiger partial charge in [-0.25, -0.2) is 4.39 Å². The molecule has 3 aromatic rings. The van der Waals surface area contributed by atoms with Gasteiger partial charge in [0.05, 0.1) is 11.6 Å². The number of carbonyl (C=O) groups excluding carboxylic acids is 2. The number of anilines is 2. The Balaban J connectivity index is 1.76. The number of ether oxygens (including phenoxy) is 2. The fourth-order valence-corrected chi connectivity index (χ4v) is 3.37. The van der Waals surface area contributed by atoms with E-state index in [0.29, 0.717) is 16.9 Å². The molecule has 0 aliphatic rings. The van der Waals surface area contributed by atoms with E-state index in [9.17, 15) is 19.2 Å². The lowest BCUT2D eigenvalue weighted by atomic mass is 10.1. The van der Waals surface area contributed by atoms with Crippen molar-refractivity contribution in [3.8, 4) is 17.6 Å². The zero-order valence-corrected chi connectivity index (χ0v) is 20.4. The first kappa shape index (κ1) is 26.3. The van der Waals surface area contributed by atoms with Gasteiger partial charge in [-0.05, 0) is 74.0 Å². The Bertz CT molecular complexity index is 1320. The van der Waals surface area contributed by atoms with E-state index in [1.807, 2.05) is 25.1 Å². The van der Waals surface area contributed by atoms with E-state index in [1.54, 1.807) is 25.1 Å². The Morgan fingerprint density at radius 3 is 2.31 bits per heavy atom. The number of halogens is 2. The molecule has 0 aliphatic carbocycles. The summed E-state index contributed by atoms with van der Waals surface area (Å²) in [5, 5.41) is 14.9. The number of nitrogens with one attached hydrogen (secondary N) is 2. The second kappa shape index (κ2) is 12.4. The largest absolute Gasteiger partial charge is 0.490 e. The van der Waals surface area contributed by atoms with Gasteiger partial charge in [-0.1, -0.05) is 29.3 Å². The molecule has 2 N–H and O–H groups in total. The summed E-state index contributed by atoms with van der Waals surface area (Å²) in [5.74, 6) is -1.10. The second-order valence-electron chi connectivity index (χ2n) is 7.60. The lowest BCUT2D eigenvalue weighted by Gasteiger charge is -2.15. The summed E-state index contributed by atoms with van der Waals surface area (Å²) in [4.78, 5) is 24.8. The minimum absolute atomic E-state index is 0.131. The monoisotopic (exact) mass is 507 g/mol. The highest BCUT2D eigenvalue weighted by atomic mass is 35.5. The first-order valence-electron chi connectivity index (χ1n) is 10.9. The van der Waals surface area contributed by atoms with Crippen molar-refractivity contribution in [2.45, 2.75) is 13.8 Å². The van der Waals surface area contributed by atoms with Gasteiger partial charge in [0, 0.05) is 11.4 Å². The Kier molecular flexibility index (Phi) is 9.03. The number of carbonyl (C=O) groups is 2. The number of rotatable bonds is 9. The van der Waals surface area contributed by atoms with Gasteiger partial charge in [0.1, 0.15) is 17.5 Å². The van der Waals surface area contributed by atoms with Crippen molar-refractivity contribution in [3.63, 3.8) is 0 Å². The molecule has 0 spiro atoms. The van der Waals surface area contributed by atoms with E-state index >= 15 is 0 Å². The number of aryl methyl sites for hydroxylation is 1. The average molecular weight is 508 g/mol. The third-order valence-electron chi connectivity index (χ3n) is 4.79. The van der Waals surface area contributed by atoms with Gasteiger partial charge < -0.3 is 20.1 Å². The normalized spacial score (nSPS) is 10.8. The molecule has 9 heteroatoms. The quantitative estimate of drug-likeness (QED) is 0.284. The van der Waals surface area contributed by atoms with Crippen LogP contribution in [0.4, 0.5) is 15.8 Å². The van der Waals surface area contributed by atoms with E-state index in [-0.39, 0.29) is 41.2 Å². The molecular weight excluding hydrogens is 485 g/mol. The fourth-order valence-electron chi connectivity index (χ4n) is 3.09. The molecule has 0 aliphatic heterocycles. The van der Waals surface area contributed by atoms with Crippen LogP contribution in [-0.2, 0) is 9.59 Å². The van der Waals surface area contributed by atoms with E-state index in [2.05, 4.69) is 10.6 Å². The molecular formula is C27H23ClFN3O4. The Morgan fingerprint density at radius 2 is 1.67 bits per heavy atom. The molecule has 184 valence electrons. The molecule has 0 unspecified atom stereocenters. The highest BCUT2D eigenvalue weighted by molar-refractivity contribution is 6.32. The number of nitriles is 1. The van der Waals surface area contributed by atoms with Gasteiger partial charge in [0.25, 0.3) is 11.8 Å². The van der Waals surface area contributed by atoms with Crippen molar-refractivity contribution < 1.29 is 23.5 Å².